The number of nitrogens with zero attached hydrogens (tertiary/aromatic N) is 2. The van der Waals surface area contributed by atoms with E-state index < -0.39 is 6.10 Å². The summed E-state index contributed by atoms with van der Waals surface area (Å²) < 4.78 is 6.71. The molecule has 0 spiro atoms. The van der Waals surface area contributed by atoms with E-state index >= 15 is 0 Å². The van der Waals surface area contributed by atoms with Crippen LogP contribution in [0.5, 0.6) is 5.75 Å². The van der Waals surface area contributed by atoms with E-state index in [1.807, 2.05) is 30.3 Å². The number of piperazine rings is 1. The number of ether oxygens (including phenoxy) is 1. The first-order valence-electron chi connectivity index (χ1n) is 9.24. The molecular weight excluding hydrogens is 406 g/mol. The van der Waals surface area contributed by atoms with Crippen LogP contribution in [0.4, 0.5) is 5.69 Å². The molecule has 5 nitrogen and oxygen atoms in total. The van der Waals surface area contributed by atoms with Gasteiger partial charge in [-0.1, -0.05) is 34.1 Å². The van der Waals surface area contributed by atoms with Crippen LogP contribution >= 0.6 is 15.9 Å². The van der Waals surface area contributed by atoms with Crippen molar-refractivity contribution in [2.45, 2.75) is 19.6 Å². The summed E-state index contributed by atoms with van der Waals surface area (Å²) in [6.45, 7) is 6.38. The smallest absolute Gasteiger partial charge is 0.261 e. The van der Waals surface area contributed by atoms with E-state index in [2.05, 4.69) is 56.3 Å². The molecule has 0 aromatic heterocycles. The fraction of sp³-hybridized carbons (Fsp3) is 0.381. The van der Waals surface area contributed by atoms with Crippen LogP contribution in [0.2, 0.25) is 0 Å². The molecule has 144 valence electrons. The van der Waals surface area contributed by atoms with Gasteiger partial charge in [0, 0.05) is 42.9 Å². The zero-order valence-electron chi connectivity index (χ0n) is 15.8. The van der Waals surface area contributed by atoms with Gasteiger partial charge in [-0.15, -0.1) is 0 Å². The molecule has 2 aromatic carbocycles. The highest BCUT2D eigenvalue weighted by Gasteiger charge is 2.18. The summed E-state index contributed by atoms with van der Waals surface area (Å²) in [5.41, 5.74) is 2.33. The number of nitrogens with one attached hydrogen (secondary N) is 1. The molecule has 2 aromatic rings. The molecule has 27 heavy (non-hydrogen) atoms. The summed E-state index contributed by atoms with van der Waals surface area (Å²) >= 11 is 3.39. The predicted molar refractivity (Wildman–Crippen MR) is 112 cm³/mol. The van der Waals surface area contributed by atoms with Crippen LogP contribution in [-0.4, -0.2) is 50.1 Å². The molecule has 1 atom stereocenters. The van der Waals surface area contributed by atoms with Crippen molar-refractivity contribution in [3.05, 3.63) is 58.6 Å². The second-order valence-electron chi connectivity index (χ2n) is 6.85. The number of anilines is 1. The maximum Gasteiger partial charge on any atom is 0.261 e. The van der Waals surface area contributed by atoms with Gasteiger partial charge in [-0.05, 0) is 49.9 Å². The summed E-state index contributed by atoms with van der Waals surface area (Å²) in [4.78, 5) is 17.2. The Bertz CT molecular complexity index is 758. The van der Waals surface area contributed by atoms with E-state index in [4.69, 9.17) is 4.74 Å². The lowest BCUT2D eigenvalue weighted by molar-refractivity contribution is -0.127. The lowest BCUT2D eigenvalue weighted by Crippen LogP contribution is -2.45. The standard InChI is InChI=1S/C21H26BrN3O2/c1-16(27-19-9-7-18(22)8-10-19)21(26)23-15-17-5-3-4-6-20(17)25-13-11-24(2)12-14-25/h3-10,16H,11-15H2,1-2H3,(H,23,26). The van der Waals surface area contributed by atoms with Crippen LogP contribution in [-0.2, 0) is 11.3 Å². The second kappa shape index (κ2) is 9.24. The molecule has 1 aliphatic heterocycles. The van der Waals surface area contributed by atoms with Gasteiger partial charge in [0.15, 0.2) is 6.10 Å². The van der Waals surface area contributed by atoms with Crippen LogP contribution in [0.1, 0.15) is 12.5 Å². The van der Waals surface area contributed by atoms with Crippen molar-refractivity contribution in [1.29, 1.82) is 0 Å². The molecule has 0 saturated carbocycles. The van der Waals surface area contributed by atoms with E-state index in [9.17, 15) is 4.79 Å². The van der Waals surface area contributed by atoms with Crippen molar-refractivity contribution in [2.75, 3.05) is 38.1 Å². The molecular formula is C21H26BrN3O2. The fourth-order valence-corrected chi connectivity index (χ4v) is 3.38. The van der Waals surface area contributed by atoms with Gasteiger partial charge in [-0.2, -0.15) is 0 Å². The SMILES string of the molecule is CC(Oc1ccc(Br)cc1)C(=O)NCc1ccccc1N1CCN(C)CC1. The summed E-state index contributed by atoms with van der Waals surface area (Å²) in [5.74, 6) is 0.560. The molecule has 3 rings (SSSR count). The number of rotatable bonds is 6. The van der Waals surface area contributed by atoms with Crippen molar-refractivity contribution in [3.63, 3.8) is 0 Å². The van der Waals surface area contributed by atoms with E-state index in [0.717, 1.165) is 36.2 Å². The Hall–Kier alpha value is -2.05. The highest BCUT2D eigenvalue weighted by molar-refractivity contribution is 9.10. The number of hydrogen-bond acceptors (Lipinski definition) is 4. The molecule has 0 aliphatic carbocycles. The number of amides is 1. The summed E-state index contributed by atoms with van der Waals surface area (Å²) in [6.07, 6.45) is -0.554. The highest BCUT2D eigenvalue weighted by Crippen LogP contribution is 2.22. The van der Waals surface area contributed by atoms with E-state index in [1.165, 1.54) is 5.69 Å². The Kier molecular flexibility index (Phi) is 6.74. The van der Waals surface area contributed by atoms with Crippen molar-refractivity contribution in [2.24, 2.45) is 0 Å². The monoisotopic (exact) mass is 431 g/mol. The molecule has 1 amide bonds. The maximum atomic E-state index is 12.5. The molecule has 0 radical (unpaired) electrons. The van der Waals surface area contributed by atoms with Crippen molar-refractivity contribution in [3.8, 4) is 5.75 Å². The van der Waals surface area contributed by atoms with Crippen LogP contribution in [0.25, 0.3) is 0 Å². The lowest BCUT2D eigenvalue weighted by atomic mass is 10.1. The van der Waals surface area contributed by atoms with Gasteiger partial charge in [0.1, 0.15) is 5.75 Å². The first kappa shape index (κ1) is 19.7. The minimum atomic E-state index is -0.554. The van der Waals surface area contributed by atoms with Crippen LogP contribution in [0, 0.1) is 0 Å². The minimum absolute atomic E-state index is 0.119. The van der Waals surface area contributed by atoms with E-state index in [-0.39, 0.29) is 5.91 Å². The Morgan fingerprint density at radius 3 is 2.48 bits per heavy atom. The highest BCUT2D eigenvalue weighted by atomic mass is 79.9. The third-order valence-electron chi connectivity index (χ3n) is 4.78. The summed E-state index contributed by atoms with van der Waals surface area (Å²) in [6, 6.07) is 15.8. The molecule has 1 fully saturated rings. The molecule has 6 heteroatoms. The number of hydrogen-bond donors (Lipinski definition) is 1. The number of carbonyl (C=O) groups excluding carboxylic acids is 1. The number of halogens is 1. The normalized spacial score (nSPS) is 16.0. The Morgan fingerprint density at radius 2 is 1.78 bits per heavy atom. The maximum absolute atomic E-state index is 12.5. The van der Waals surface area contributed by atoms with E-state index in [1.54, 1.807) is 6.92 Å². The third-order valence-corrected chi connectivity index (χ3v) is 5.31. The second-order valence-corrected chi connectivity index (χ2v) is 7.77. The van der Waals surface area contributed by atoms with Gasteiger partial charge >= 0.3 is 0 Å². The van der Waals surface area contributed by atoms with Gasteiger partial charge in [0.2, 0.25) is 0 Å². The lowest BCUT2D eigenvalue weighted by Gasteiger charge is -2.35. The Labute approximate surface area is 169 Å². The van der Waals surface area contributed by atoms with Crippen LogP contribution in [0.3, 0.4) is 0 Å². The molecule has 1 unspecified atom stereocenters. The molecule has 1 saturated heterocycles. The Balaban J connectivity index is 1.57. The minimum Gasteiger partial charge on any atom is -0.481 e. The zero-order valence-corrected chi connectivity index (χ0v) is 17.4. The first-order chi connectivity index (χ1) is 13.0. The van der Waals surface area contributed by atoms with E-state index in [0.29, 0.717) is 12.3 Å². The molecule has 1 heterocycles. The van der Waals surface area contributed by atoms with Crippen molar-refractivity contribution < 1.29 is 9.53 Å². The molecule has 1 N–H and O–H groups in total. The average molecular weight is 432 g/mol. The first-order valence-corrected chi connectivity index (χ1v) is 10.0. The van der Waals surface area contributed by atoms with Gasteiger partial charge in [-0.3, -0.25) is 4.79 Å². The quantitative estimate of drug-likeness (QED) is 0.761. The Morgan fingerprint density at radius 1 is 1.11 bits per heavy atom. The van der Waals surface area contributed by atoms with Crippen LogP contribution in [0.15, 0.2) is 53.0 Å². The van der Waals surface area contributed by atoms with Crippen molar-refractivity contribution >= 4 is 27.5 Å². The van der Waals surface area contributed by atoms with Gasteiger partial charge in [0.05, 0.1) is 0 Å². The van der Waals surface area contributed by atoms with Crippen molar-refractivity contribution in [1.82, 2.24) is 10.2 Å². The van der Waals surface area contributed by atoms with Gasteiger partial charge in [-0.25, -0.2) is 0 Å². The molecule has 0 bridgehead atoms. The topological polar surface area (TPSA) is 44.8 Å². The van der Waals surface area contributed by atoms with Gasteiger partial charge < -0.3 is 19.9 Å². The number of likely N-dealkylation sites (N-methyl/N-ethyl adjacent to an activating group) is 1. The third kappa shape index (κ3) is 5.47. The summed E-state index contributed by atoms with van der Waals surface area (Å²) in [5, 5.41) is 3.01. The number of carbonyl (C=O) groups is 1. The number of para-hydroxylation sites is 1. The molecule has 1 aliphatic rings. The summed E-state index contributed by atoms with van der Waals surface area (Å²) in [7, 11) is 2.15. The number of benzene rings is 2. The van der Waals surface area contributed by atoms with Crippen LogP contribution < -0.4 is 15.0 Å². The van der Waals surface area contributed by atoms with Gasteiger partial charge in [0.25, 0.3) is 5.91 Å². The predicted octanol–water partition coefficient (Wildman–Crippen LogP) is 3.28. The largest absolute Gasteiger partial charge is 0.481 e. The average Bonchev–Trinajstić information content (AvgIpc) is 2.68. The zero-order chi connectivity index (χ0) is 19.2. The fourth-order valence-electron chi connectivity index (χ4n) is 3.11.